The van der Waals surface area contributed by atoms with Crippen LogP contribution in [0.25, 0.3) is 0 Å². The average molecular weight is 350 g/mol. The number of likely N-dealkylation sites (tertiary alicyclic amines) is 1. The van der Waals surface area contributed by atoms with Crippen molar-refractivity contribution in [3.63, 3.8) is 0 Å². The largest absolute Gasteiger partial charge is 0.351 e. The number of piperidine rings is 1. The molecule has 3 heterocycles. The van der Waals surface area contributed by atoms with E-state index in [-0.39, 0.29) is 17.9 Å². The van der Waals surface area contributed by atoms with E-state index in [4.69, 9.17) is 0 Å². The lowest BCUT2D eigenvalue weighted by molar-refractivity contribution is -0.148. The van der Waals surface area contributed by atoms with Crippen LogP contribution in [0.2, 0.25) is 0 Å². The molecule has 0 aliphatic carbocycles. The molecule has 5 nitrogen and oxygen atoms in total. The molecule has 132 valence electrons. The molecular formula is C18H27N3O2S. The molecule has 1 aromatic rings. The van der Waals surface area contributed by atoms with Gasteiger partial charge in [0.2, 0.25) is 11.8 Å². The molecule has 1 aromatic heterocycles. The molecule has 1 atom stereocenters. The number of hydrogen-bond acceptors (Lipinski definition) is 3. The summed E-state index contributed by atoms with van der Waals surface area (Å²) in [5.74, 6) is 1.56. The molecule has 0 aromatic carbocycles. The summed E-state index contributed by atoms with van der Waals surface area (Å²) in [6.07, 6.45) is 6.15. The maximum atomic E-state index is 12.9. The highest BCUT2D eigenvalue weighted by Gasteiger charge is 2.41. The second kappa shape index (κ2) is 6.82. The number of hydrogen-bond donors (Lipinski definition) is 0. The third-order valence-corrected chi connectivity index (χ3v) is 5.91. The van der Waals surface area contributed by atoms with Gasteiger partial charge in [-0.2, -0.15) is 0 Å². The van der Waals surface area contributed by atoms with E-state index < -0.39 is 5.41 Å². The summed E-state index contributed by atoms with van der Waals surface area (Å²) >= 11 is 1.68. The smallest absolute Gasteiger partial charge is 0.246 e. The Morgan fingerprint density at radius 3 is 2.29 bits per heavy atom. The highest BCUT2D eigenvalue weighted by molar-refractivity contribution is 7.99. The highest BCUT2D eigenvalue weighted by Crippen LogP contribution is 2.30. The Kier molecular flexibility index (Phi) is 4.95. The Morgan fingerprint density at radius 2 is 1.71 bits per heavy atom. The summed E-state index contributed by atoms with van der Waals surface area (Å²) in [5.41, 5.74) is -0.440. The summed E-state index contributed by atoms with van der Waals surface area (Å²) in [4.78, 5) is 29.3. The van der Waals surface area contributed by atoms with Crippen molar-refractivity contribution in [3.05, 3.63) is 24.5 Å². The molecule has 2 aliphatic rings. The standard InChI is InChI=1S/C18H27N3O2S/c1-18(2,3)17(23)21-13-24-12-15(21)16(22)20-10-6-14(7-11-20)19-8-4-5-9-19/h4-5,8-9,14-15H,6-7,10-13H2,1-3H3/t15-/m0/s1. The zero-order valence-corrected chi connectivity index (χ0v) is 15.6. The van der Waals surface area contributed by atoms with Crippen LogP contribution in [-0.2, 0) is 9.59 Å². The molecule has 3 rings (SSSR count). The molecule has 2 aliphatic heterocycles. The Bertz CT molecular complexity index is 586. The molecule has 24 heavy (non-hydrogen) atoms. The van der Waals surface area contributed by atoms with E-state index in [9.17, 15) is 9.59 Å². The van der Waals surface area contributed by atoms with Gasteiger partial charge in [-0.15, -0.1) is 11.8 Å². The zero-order chi connectivity index (χ0) is 17.3. The summed E-state index contributed by atoms with van der Waals surface area (Å²) in [6.45, 7) is 7.31. The zero-order valence-electron chi connectivity index (χ0n) is 14.8. The van der Waals surface area contributed by atoms with Crippen LogP contribution in [0.3, 0.4) is 0 Å². The third-order valence-electron chi connectivity index (χ3n) is 4.90. The lowest BCUT2D eigenvalue weighted by atomic mass is 9.94. The van der Waals surface area contributed by atoms with E-state index in [1.165, 1.54) is 0 Å². The van der Waals surface area contributed by atoms with Gasteiger partial charge in [-0.1, -0.05) is 20.8 Å². The fourth-order valence-electron chi connectivity index (χ4n) is 3.46. The number of rotatable bonds is 2. The fraction of sp³-hybridized carbons (Fsp3) is 0.667. The number of nitrogens with zero attached hydrogens (tertiary/aromatic N) is 3. The van der Waals surface area contributed by atoms with Crippen LogP contribution in [-0.4, -0.2) is 56.9 Å². The summed E-state index contributed by atoms with van der Waals surface area (Å²) in [7, 11) is 0. The summed E-state index contributed by atoms with van der Waals surface area (Å²) in [6, 6.07) is 4.28. The minimum absolute atomic E-state index is 0.0769. The SMILES string of the molecule is CC(C)(C)C(=O)N1CSC[C@H]1C(=O)N1CCC(n2cccc2)CC1. The van der Waals surface area contributed by atoms with Crippen LogP contribution in [0.1, 0.15) is 39.7 Å². The Balaban J connectivity index is 1.61. The third kappa shape index (κ3) is 3.48. The van der Waals surface area contributed by atoms with Gasteiger partial charge in [0.1, 0.15) is 6.04 Å². The van der Waals surface area contributed by atoms with Crippen molar-refractivity contribution in [1.29, 1.82) is 0 Å². The van der Waals surface area contributed by atoms with Gasteiger partial charge in [-0.05, 0) is 25.0 Å². The van der Waals surface area contributed by atoms with E-state index in [0.717, 1.165) is 31.7 Å². The second-order valence-electron chi connectivity index (χ2n) is 7.73. The molecule has 0 spiro atoms. The van der Waals surface area contributed by atoms with Crippen LogP contribution < -0.4 is 0 Å². The predicted octanol–water partition coefficient (Wildman–Crippen LogP) is 2.60. The van der Waals surface area contributed by atoms with Crippen LogP contribution >= 0.6 is 11.8 Å². The van der Waals surface area contributed by atoms with Gasteiger partial charge in [-0.25, -0.2) is 0 Å². The van der Waals surface area contributed by atoms with Gasteiger partial charge < -0.3 is 14.4 Å². The first-order chi connectivity index (χ1) is 11.4. The lowest BCUT2D eigenvalue weighted by Gasteiger charge is -2.37. The summed E-state index contributed by atoms with van der Waals surface area (Å²) in [5, 5.41) is 0. The number of carbonyl (C=O) groups excluding carboxylic acids is 2. The first kappa shape index (κ1) is 17.4. The number of aromatic nitrogens is 1. The first-order valence-electron chi connectivity index (χ1n) is 8.68. The van der Waals surface area contributed by atoms with E-state index in [0.29, 0.717) is 11.9 Å². The van der Waals surface area contributed by atoms with E-state index in [2.05, 4.69) is 17.0 Å². The van der Waals surface area contributed by atoms with Crippen LogP contribution in [0.5, 0.6) is 0 Å². The topological polar surface area (TPSA) is 45.6 Å². The van der Waals surface area contributed by atoms with Gasteiger partial charge in [0, 0.05) is 42.7 Å². The fourth-order valence-corrected chi connectivity index (χ4v) is 4.61. The van der Waals surface area contributed by atoms with Crippen molar-refractivity contribution in [2.75, 3.05) is 24.7 Å². The Morgan fingerprint density at radius 1 is 1.08 bits per heavy atom. The predicted molar refractivity (Wildman–Crippen MR) is 96.7 cm³/mol. The van der Waals surface area contributed by atoms with Gasteiger partial charge in [0.25, 0.3) is 0 Å². The monoisotopic (exact) mass is 349 g/mol. The highest BCUT2D eigenvalue weighted by atomic mass is 32.2. The van der Waals surface area contributed by atoms with Crippen molar-refractivity contribution in [2.45, 2.75) is 45.7 Å². The maximum Gasteiger partial charge on any atom is 0.246 e. The molecular weight excluding hydrogens is 322 g/mol. The average Bonchev–Trinajstić information content (AvgIpc) is 3.24. The maximum absolute atomic E-state index is 12.9. The number of carbonyl (C=O) groups is 2. The molecule has 2 fully saturated rings. The normalized spacial score (nSPS) is 22.9. The molecule has 2 saturated heterocycles. The van der Waals surface area contributed by atoms with Crippen LogP contribution in [0, 0.1) is 5.41 Å². The van der Waals surface area contributed by atoms with Gasteiger partial charge in [0.15, 0.2) is 0 Å². The minimum Gasteiger partial charge on any atom is -0.351 e. The summed E-state index contributed by atoms with van der Waals surface area (Å²) < 4.78 is 2.24. The molecule has 0 unspecified atom stereocenters. The molecule has 0 radical (unpaired) electrons. The molecule has 6 heteroatoms. The van der Waals surface area contributed by atoms with Crippen LogP contribution in [0.15, 0.2) is 24.5 Å². The van der Waals surface area contributed by atoms with E-state index in [1.54, 1.807) is 16.7 Å². The Labute approximate surface area is 148 Å². The minimum atomic E-state index is -0.440. The van der Waals surface area contributed by atoms with E-state index >= 15 is 0 Å². The number of amides is 2. The van der Waals surface area contributed by atoms with Gasteiger partial charge in [-0.3, -0.25) is 9.59 Å². The van der Waals surface area contributed by atoms with E-state index in [1.807, 2.05) is 37.8 Å². The van der Waals surface area contributed by atoms with Crippen molar-refractivity contribution < 1.29 is 9.59 Å². The van der Waals surface area contributed by atoms with Crippen molar-refractivity contribution in [3.8, 4) is 0 Å². The second-order valence-corrected chi connectivity index (χ2v) is 8.73. The van der Waals surface area contributed by atoms with Gasteiger partial charge in [0.05, 0.1) is 5.88 Å². The van der Waals surface area contributed by atoms with Crippen LogP contribution in [0.4, 0.5) is 0 Å². The molecule has 2 amide bonds. The Hall–Kier alpha value is -1.43. The number of thioether (sulfide) groups is 1. The molecule has 0 N–H and O–H groups in total. The quantitative estimate of drug-likeness (QED) is 0.824. The van der Waals surface area contributed by atoms with Gasteiger partial charge >= 0.3 is 0 Å². The van der Waals surface area contributed by atoms with Crippen molar-refractivity contribution in [2.24, 2.45) is 5.41 Å². The van der Waals surface area contributed by atoms with Crippen molar-refractivity contribution >= 4 is 23.6 Å². The molecule has 0 saturated carbocycles. The molecule has 0 bridgehead atoms. The van der Waals surface area contributed by atoms with Crippen molar-refractivity contribution in [1.82, 2.24) is 14.4 Å². The first-order valence-corrected chi connectivity index (χ1v) is 9.83. The lowest BCUT2D eigenvalue weighted by Crippen LogP contribution is -2.53.